The summed E-state index contributed by atoms with van der Waals surface area (Å²) >= 11 is 0. The van der Waals surface area contributed by atoms with Crippen LogP contribution in [0.25, 0.3) is 0 Å². The Hall–Kier alpha value is -3.55. The molecule has 2 aromatic rings. The number of nitrogens with one attached hydrogen (secondary N) is 1. The second-order valence-corrected chi connectivity index (χ2v) is 10.3. The number of nitro groups is 2. The van der Waals surface area contributed by atoms with Crippen molar-refractivity contribution >= 4 is 17.1 Å². The van der Waals surface area contributed by atoms with E-state index in [0.717, 1.165) is 55.9 Å². The van der Waals surface area contributed by atoms with Crippen LogP contribution >= 0.6 is 0 Å². The first-order valence-corrected chi connectivity index (χ1v) is 13.6. The number of hydrogen-bond donors (Lipinski definition) is 1. The zero-order valence-corrected chi connectivity index (χ0v) is 24.8. The van der Waals surface area contributed by atoms with Crippen molar-refractivity contribution < 1.29 is 23.7 Å². The number of nitro benzene ring substituents is 2. The van der Waals surface area contributed by atoms with Crippen molar-refractivity contribution in [3.8, 4) is 11.5 Å². The zero-order chi connectivity index (χ0) is 30.5. The van der Waals surface area contributed by atoms with Crippen molar-refractivity contribution in [3.63, 3.8) is 0 Å². The second kappa shape index (κ2) is 16.7. The van der Waals surface area contributed by atoms with Crippen LogP contribution in [0.4, 0.5) is 21.5 Å². The lowest BCUT2D eigenvalue weighted by Gasteiger charge is -2.36. The summed E-state index contributed by atoms with van der Waals surface area (Å²) in [5.41, 5.74) is 0.767. The maximum Gasteiger partial charge on any atom is 0.311 e. The van der Waals surface area contributed by atoms with Gasteiger partial charge >= 0.3 is 11.4 Å². The van der Waals surface area contributed by atoms with E-state index in [0.29, 0.717) is 11.8 Å². The summed E-state index contributed by atoms with van der Waals surface area (Å²) in [5, 5.41) is 24.5. The van der Waals surface area contributed by atoms with Crippen LogP contribution in [0.2, 0.25) is 0 Å². The minimum absolute atomic E-state index is 0.0134. The van der Waals surface area contributed by atoms with Gasteiger partial charge in [-0.1, -0.05) is 0 Å². The van der Waals surface area contributed by atoms with Crippen LogP contribution in [0, 0.1) is 26.0 Å². The molecule has 0 spiro atoms. The molecule has 0 radical (unpaired) electrons. The average molecular weight is 579 g/mol. The number of halogens is 1. The minimum Gasteiger partial charge on any atom is -0.490 e. The van der Waals surface area contributed by atoms with Crippen LogP contribution in [-0.4, -0.2) is 100 Å². The summed E-state index contributed by atoms with van der Waals surface area (Å²) in [7, 11) is 11.3. The molecule has 0 bridgehead atoms. The highest BCUT2D eigenvalue weighted by atomic mass is 19.1. The third-order valence-corrected chi connectivity index (χ3v) is 7.30. The third kappa shape index (κ3) is 10.4. The van der Waals surface area contributed by atoms with Crippen LogP contribution in [0.15, 0.2) is 36.4 Å². The molecular weight excluding hydrogens is 535 g/mol. The number of hydrogen-bond acceptors (Lipinski definition) is 10. The maximum atomic E-state index is 12.5. The molecule has 0 aliphatic carbocycles. The highest BCUT2D eigenvalue weighted by molar-refractivity contribution is 5.59. The van der Waals surface area contributed by atoms with Crippen molar-refractivity contribution in [2.45, 2.75) is 37.8 Å². The number of anilines is 1. The van der Waals surface area contributed by atoms with E-state index in [2.05, 4.69) is 52.9 Å². The van der Waals surface area contributed by atoms with Gasteiger partial charge in [-0.2, -0.15) is 0 Å². The predicted octanol–water partition coefficient (Wildman–Crippen LogP) is 4.18. The maximum absolute atomic E-state index is 12.5. The van der Waals surface area contributed by atoms with Crippen LogP contribution < -0.4 is 19.7 Å². The molecule has 41 heavy (non-hydrogen) atoms. The Morgan fingerprint density at radius 1 is 0.805 bits per heavy atom. The Kier molecular flexibility index (Phi) is 13.7. The van der Waals surface area contributed by atoms with Crippen molar-refractivity contribution in [2.75, 3.05) is 73.5 Å². The van der Waals surface area contributed by atoms with E-state index < -0.39 is 15.7 Å². The first-order chi connectivity index (χ1) is 19.5. The lowest BCUT2D eigenvalue weighted by molar-refractivity contribution is -0.385. The molecule has 0 saturated carbocycles. The van der Waals surface area contributed by atoms with Gasteiger partial charge in [-0.25, -0.2) is 4.39 Å². The van der Waals surface area contributed by atoms with Gasteiger partial charge in [0.25, 0.3) is 0 Å². The van der Waals surface area contributed by atoms with E-state index in [4.69, 9.17) is 4.74 Å². The normalized spacial score (nSPS) is 15.9. The van der Waals surface area contributed by atoms with Crippen molar-refractivity contribution in [1.29, 1.82) is 0 Å². The number of nitrogens with zero attached hydrogens (tertiary/aromatic N) is 5. The first kappa shape index (κ1) is 33.7. The van der Waals surface area contributed by atoms with Gasteiger partial charge in [0.1, 0.15) is 5.82 Å². The number of rotatable bonds is 7. The summed E-state index contributed by atoms with van der Waals surface area (Å²) < 4.78 is 22.2. The molecule has 0 aromatic heterocycles. The molecule has 2 aromatic carbocycles. The standard InChI is InChI=1S/C14H21N3O3.C7H6FNO3.C7H16N2/c1-15(2)11-6-8-16(9-7-11)12-4-5-13(17(18)19)14(10-12)20-3;1-12-7-4-5(8)2-3-6(7)9(10)11;1-9(2)7-3-5-8-6-4-7/h4-5,10-11H,6-9H2,1-3H3;2-4H,1H3;7-8H,3-6H2,1-2H3. The zero-order valence-electron chi connectivity index (χ0n) is 24.8. The lowest BCUT2D eigenvalue weighted by Crippen LogP contribution is -2.41. The highest BCUT2D eigenvalue weighted by Crippen LogP contribution is 2.32. The number of methoxy groups -OCH3 is 2. The van der Waals surface area contributed by atoms with E-state index >= 15 is 0 Å². The molecule has 2 aliphatic rings. The Balaban J connectivity index is 0.000000237. The molecule has 2 saturated heterocycles. The molecule has 12 nitrogen and oxygen atoms in total. The molecular formula is C28H43FN6O6. The smallest absolute Gasteiger partial charge is 0.311 e. The summed E-state index contributed by atoms with van der Waals surface area (Å²) in [6.07, 6.45) is 4.83. The van der Waals surface area contributed by atoms with Gasteiger partial charge in [0.05, 0.1) is 24.1 Å². The fourth-order valence-corrected chi connectivity index (χ4v) is 4.78. The topological polar surface area (TPSA) is 126 Å². The minimum atomic E-state index is -0.627. The first-order valence-electron chi connectivity index (χ1n) is 13.6. The summed E-state index contributed by atoms with van der Waals surface area (Å²) in [6.45, 7) is 4.32. The number of benzene rings is 2. The summed E-state index contributed by atoms with van der Waals surface area (Å²) in [4.78, 5) is 27.0. The van der Waals surface area contributed by atoms with Crippen LogP contribution in [0.1, 0.15) is 25.7 Å². The van der Waals surface area contributed by atoms with Gasteiger partial charge < -0.3 is 29.5 Å². The Morgan fingerprint density at radius 2 is 1.27 bits per heavy atom. The third-order valence-electron chi connectivity index (χ3n) is 7.30. The fraction of sp³-hybridized carbons (Fsp3) is 0.571. The molecule has 2 heterocycles. The van der Waals surface area contributed by atoms with Gasteiger partial charge in [0, 0.05) is 55.1 Å². The Morgan fingerprint density at radius 3 is 1.71 bits per heavy atom. The monoisotopic (exact) mass is 578 g/mol. The Bertz CT molecular complexity index is 1120. The summed E-state index contributed by atoms with van der Waals surface area (Å²) in [6, 6.07) is 9.57. The van der Waals surface area contributed by atoms with Crippen molar-refractivity contribution in [2.24, 2.45) is 0 Å². The van der Waals surface area contributed by atoms with Crippen LogP contribution in [0.3, 0.4) is 0 Å². The van der Waals surface area contributed by atoms with Crippen LogP contribution in [0.5, 0.6) is 11.5 Å². The van der Waals surface area contributed by atoms with Gasteiger partial charge in [-0.3, -0.25) is 20.2 Å². The van der Waals surface area contributed by atoms with E-state index in [1.54, 1.807) is 12.1 Å². The lowest BCUT2D eigenvalue weighted by atomic mass is 10.0. The average Bonchev–Trinajstić information content (AvgIpc) is 2.97. The van der Waals surface area contributed by atoms with E-state index in [-0.39, 0.29) is 17.1 Å². The molecule has 4 rings (SSSR count). The second-order valence-electron chi connectivity index (χ2n) is 10.3. The molecule has 13 heteroatoms. The molecule has 1 N–H and O–H groups in total. The van der Waals surface area contributed by atoms with Gasteiger partial charge in [-0.15, -0.1) is 0 Å². The largest absolute Gasteiger partial charge is 0.490 e. The predicted molar refractivity (Wildman–Crippen MR) is 158 cm³/mol. The van der Waals surface area contributed by atoms with E-state index in [9.17, 15) is 24.6 Å². The molecule has 0 unspecified atom stereocenters. The molecule has 2 fully saturated rings. The van der Waals surface area contributed by atoms with Crippen molar-refractivity contribution in [3.05, 3.63) is 62.4 Å². The van der Waals surface area contributed by atoms with Gasteiger partial charge in [0.15, 0.2) is 11.5 Å². The van der Waals surface area contributed by atoms with E-state index in [1.165, 1.54) is 46.2 Å². The number of ether oxygens (including phenoxy) is 2. The highest BCUT2D eigenvalue weighted by Gasteiger charge is 2.23. The fourth-order valence-electron chi connectivity index (χ4n) is 4.78. The quantitative estimate of drug-likeness (QED) is 0.378. The SMILES string of the molecule is CN(C)C1CCNCC1.COc1cc(F)ccc1[N+](=O)[O-].COc1cc(N2CCC(N(C)C)CC2)ccc1[N+](=O)[O-]. The molecule has 228 valence electrons. The molecule has 2 aliphatic heterocycles. The molecule has 0 atom stereocenters. The number of piperidine rings is 2. The Labute approximate surface area is 241 Å². The van der Waals surface area contributed by atoms with Gasteiger partial charge in [0.2, 0.25) is 0 Å². The van der Waals surface area contributed by atoms with E-state index in [1.807, 2.05) is 0 Å². The van der Waals surface area contributed by atoms with Gasteiger partial charge in [-0.05, 0) is 79.1 Å². The summed E-state index contributed by atoms with van der Waals surface area (Å²) in [5.74, 6) is -0.306. The van der Waals surface area contributed by atoms with Crippen molar-refractivity contribution in [1.82, 2.24) is 15.1 Å². The van der Waals surface area contributed by atoms with Crippen LogP contribution in [-0.2, 0) is 0 Å². The molecule has 0 amide bonds.